The van der Waals surface area contributed by atoms with Crippen molar-refractivity contribution in [3.8, 4) is 0 Å². The van der Waals surface area contributed by atoms with Gasteiger partial charge in [-0.1, -0.05) is 6.07 Å². The minimum Gasteiger partial charge on any atom is -0.356 e. The number of hydrogen-bond donors (Lipinski definition) is 2. The first-order chi connectivity index (χ1) is 14.1. The molecule has 154 valence electrons. The molecule has 1 aliphatic rings. The Morgan fingerprint density at radius 3 is 2.83 bits per heavy atom. The summed E-state index contributed by atoms with van der Waals surface area (Å²) in [4.78, 5) is 31.1. The molecule has 7 heteroatoms. The SMILES string of the molecule is O=C1CCN(Cc2ccncc2)CCCC(C(=O)Nc2cccc(F)c2)CCN1. The summed E-state index contributed by atoms with van der Waals surface area (Å²) in [5.74, 6) is -0.760. The van der Waals surface area contributed by atoms with Crippen LogP contribution in [0.15, 0.2) is 48.8 Å². The zero-order valence-corrected chi connectivity index (χ0v) is 16.4. The van der Waals surface area contributed by atoms with E-state index >= 15 is 0 Å². The molecule has 1 aromatic heterocycles. The van der Waals surface area contributed by atoms with E-state index in [-0.39, 0.29) is 23.5 Å². The van der Waals surface area contributed by atoms with Gasteiger partial charge in [0.1, 0.15) is 5.82 Å². The average Bonchev–Trinajstić information content (AvgIpc) is 2.74. The third-order valence-electron chi connectivity index (χ3n) is 5.12. The summed E-state index contributed by atoms with van der Waals surface area (Å²) in [5, 5.41) is 5.71. The van der Waals surface area contributed by atoms with E-state index < -0.39 is 0 Å². The topological polar surface area (TPSA) is 74.3 Å². The van der Waals surface area contributed by atoms with Gasteiger partial charge in [0.2, 0.25) is 11.8 Å². The van der Waals surface area contributed by atoms with Crippen molar-refractivity contribution in [2.24, 2.45) is 5.92 Å². The zero-order valence-electron chi connectivity index (χ0n) is 16.4. The first kappa shape index (κ1) is 20.9. The number of hydrogen-bond acceptors (Lipinski definition) is 4. The van der Waals surface area contributed by atoms with Crippen molar-refractivity contribution in [1.82, 2.24) is 15.2 Å². The quantitative estimate of drug-likeness (QED) is 0.830. The van der Waals surface area contributed by atoms with Gasteiger partial charge in [0.25, 0.3) is 0 Å². The summed E-state index contributed by atoms with van der Waals surface area (Å²) in [5.41, 5.74) is 1.60. The van der Waals surface area contributed by atoms with Gasteiger partial charge < -0.3 is 10.6 Å². The molecule has 3 rings (SSSR count). The molecular formula is C22H27FN4O2. The van der Waals surface area contributed by atoms with Crippen LogP contribution < -0.4 is 10.6 Å². The van der Waals surface area contributed by atoms with Crippen LogP contribution in [0.3, 0.4) is 0 Å². The maximum Gasteiger partial charge on any atom is 0.227 e. The summed E-state index contributed by atoms with van der Waals surface area (Å²) in [7, 11) is 0. The van der Waals surface area contributed by atoms with E-state index in [1.54, 1.807) is 24.5 Å². The number of benzene rings is 1. The normalized spacial score (nSPS) is 19.1. The highest BCUT2D eigenvalue weighted by atomic mass is 19.1. The fraction of sp³-hybridized carbons (Fsp3) is 0.409. The number of pyridine rings is 1. The van der Waals surface area contributed by atoms with Crippen molar-refractivity contribution < 1.29 is 14.0 Å². The molecule has 29 heavy (non-hydrogen) atoms. The molecule has 1 saturated heterocycles. The number of anilines is 1. The molecule has 1 fully saturated rings. The summed E-state index contributed by atoms with van der Waals surface area (Å²) >= 11 is 0. The van der Waals surface area contributed by atoms with Gasteiger partial charge in [-0.25, -0.2) is 4.39 Å². The lowest BCUT2D eigenvalue weighted by Gasteiger charge is -2.22. The van der Waals surface area contributed by atoms with Crippen molar-refractivity contribution in [2.45, 2.75) is 32.2 Å². The van der Waals surface area contributed by atoms with Crippen LogP contribution in [0.2, 0.25) is 0 Å². The molecule has 6 nitrogen and oxygen atoms in total. The van der Waals surface area contributed by atoms with E-state index in [0.29, 0.717) is 38.0 Å². The van der Waals surface area contributed by atoms with Crippen LogP contribution in [-0.2, 0) is 16.1 Å². The highest BCUT2D eigenvalue weighted by Gasteiger charge is 2.21. The average molecular weight is 398 g/mol. The Labute approximate surface area is 170 Å². The van der Waals surface area contributed by atoms with Crippen LogP contribution in [0.1, 0.15) is 31.2 Å². The zero-order chi connectivity index (χ0) is 20.5. The second kappa shape index (κ2) is 10.7. The van der Waals surface area contributed by atoms with Crippen LogP contribution in [0, 0.1) is 11.7 Å². The second-order valence-corrected chi connectivity index (χ2v) is 7.36. The Balaban J connectivity index is 1.61. The smallest absolute Gasteiger partial charge is 0.227 e. The predicted octanol–water partition coefficient (Wildman–Crippen LogP) is 2.97. The molecule has 1 aromatic carbocycles. The summed E-state index contributed by atoms with van der Waals surface area (Å²) in [6.45, 7) is 2.69. The molecule has 1 unspecified atom stereocenters. The third kappa shape index (κ3) is 6.94. The Kier molecular flexibility index (Phi) is 7.69. The number of carbonyl (C=O) groups is 2. The van der Waals surface area contributed by atoms with E-state index in [9.17, 15) is 14.0 Å². The van der Waals surface area contributed by atoms with Crippen LogP contribution >= 0.6 is 0 Å². The largest absolute Gasteiger partial charge is 0.356 e. The van der Waals surface area contributed by atoms with Gasteiger partial charge in [-0.2, -0.15) is 0 Å². The fourth-order valence-electron chi connectivity index (χ4n) is 3.53. The van der Waals surface area contributed by atoms with Crippen molar-refractivity contribution in [1.29, 1.82) is 0 Å². The van der Waals surface area contributed by atoms with E-state index in [2.05, 4.69) is 20.5 Å². The van der Waals surface area contributed by atoms with E-state index in [1.807, 2.05) is 12.1 Å². The number of aromatic nitrogens is 1. The fourth-order valence-corrected chi connectivity index (χ4v) is 3.53. The highest BCUT2D eigenvalue weighted by molar-refractivity contribution is 5.92. The van der Waals surface area contributed by atoms with Gasteiger partial charge in [0.15, 0.2) is 0 Å². The number of amides is 2. The summed E-state index contributed by atoms with van der Waals surface area (Å²) < 4.78 is 13.4. The standard InChI is InChI=1S/C22H27FN4O2/c23-19-4-1-5-20(15-19)26-22(29)18-3-2-13-27(14-9-21(28)25-12-8-18)16-17-6-10-24-11-7-17/h1,4-7,10-11,15,18H,2-3,8-9,12-14,16H2,(H,25,28)(H,26,29). The monoisotopic (exact) mass is 398 g/mol. The summed E-state index contributed by atoms with van der Waals surface area (Å²) in [6.07, 6.45) is 6.09. The van der Waals surface area contributed by atoms with Crippen LogP contribution in [0.25, 0.3) is 0 Å². The lowest BCUT2D eigenvalue weighted by molar-refractivity contribution is -0.122. The van der Waals surface area contributed by atoms with E-state index in [0.717, 1.165) is 25.1 Å². The maximum absolute atomic E-state index is 13.4. The molecule has 2 N–H and O–H groups in total. The molecule has 0 aliphatic carbocycles. The molecule has 0 spiro atoms. The number of nitrogens with one attached hydrogen (secondary N) is 2. The lowest BCUT2D eigenvalue weighted by atomic mass is 9.98. The Bertz CT molecular complexity index is 815. The van der Waals surface area contributed by atoms with E-state index in [4.69, 9.17) is 0 Å². The van der Waals surface area contributed by atoms with Crippen molar-refractivity contribution in [3.63, 3.8) is 0 Å². The number of carbonyl (C=O) groups excluding carboxylic acids is 2. The molecule has 1 atom stereocenters. The maximum atomic E-state index is 13.4. The Hall–Kier alpha value is -2.80. The molecule has 2 aromatic rings. The van der Waals surface area contributed by atoms with Crippen LogP contribution in [0.5, 0.6) is 0 Å². The third-order valence-corrected chi connectivity index (χ3v) is 5.12. The Morgan fingerprint density at radius 1 is 1.21 bits per heavy atom. The second-order valence-electron chi connectivity index (χ2n) is 7.36. The van der Waals surface area contributed by atoms with Crippen molar-refractivity contribution >= 4 is 17.5 Å². The van der Waals surface area contributed by atoms with Gasteiger partial charge in [-0.3, -0.25) is 19.5 Å². The van der Waals surface area contributed by atoms with Gasteiger partial charge >= 0.3 is 0 Å². The van der Waals surface area contributed by atoms with Crippen LogP contribution in [0.4, 0.5) is 10.1 Å². The molecule has 0 bridgehead atoms. The van der Waals surface area contributed by atoms with E-state index in [1.165, 1.54) is 12.1 Å². The first-order valence-corrected chi connectivity index (χ1v) is 10.0. The van der Waals surface area contributed by atoms with Gasteiger partial charge in [-0.05, 0) is 61.7 Å². The predicted molar refractivity (Wildman–Crippen MR) is 110 cm³/mol. The van der Waals surface area contributed by atoms with Crippen LogP contribution in [-0.4, -0.2) is 41.3 Å². The molecule has 2 heterocycles. The molecular weight excluding hydrogens is 371 g/mol. The molecule has 0 saturated carbocycles. The first-order valence-electron chi connectivity index (χ1n) is 10.0. The summed E-state index contributed by atoms with van der Waals surface area (Å²) in [6, 6.07) is 9.84. The van der Waals surface area contributed by atoms with Gasteiger partial charge in [0.05, 0.1) is 0 Å². The highest BCUT2D eigenvalue weighted by Crippen LogP contribution is 2.18. The lowest BCUT2D eigenvalue weighted by Crippen LogP contribution is -2.31. The minimum absolute atomic E-state index is 0.00378. The van der Waals surface area contributed by atoms with Gasteiger partial charge in [0, 0.05) is 50.1 Å². The minimum atomic E-state index is -0.385. The van der Waals surface area contributed by atoms with Crippen molar-refractivity contribution in [2.75, 3.05) is 25.0 Å². The number of rotatable bonds is 4. The number of nitrogens with zero attached hydrogens (tertiary/aromatic N) is 2. The number of halogens is 1. The molecule has 1 aliphatic heterocycles. The Morgan fingerprint density at radius 2 is 2.03 bits per heavy atom. The van der Waals surface area contributed by atoms with Gasteiger partial charge in [-0.15, -0.1) is 0 Å². The van der Waals surface area contributed by atoms with Crippen molar-refractivity contribution in [3.05, 3.63) is 60.2 Å². The molecule has 2 amide bonds. The molecule has 0 radical (unpaired) electrons.